The van der Waals surface area contributed by atoms with Crippen LogP contribution < -0.4 is 0 Å². The Balaban J connectivity index is 1.21. The van der Waals surface area contributed by atoms with Crippen molar-refractivity contribution in [2.45, 2.75) is 9.79 Å². The maximum absolute atomic E-state index is 13.6. The molecule has 9 nitrogen and oxygen atoms in total. The lowest BCUT2D eigenvalue weighted by Crippen LogP contribution is -2.06. The minimum Gasteiger partial charge on any atom is -0.308 e. The molecule has 0 radical (unpaired) electrons. The molecule has 0 saturated heterocycles. The molecule has 0 spiro atoms. The van der Waals surface area contributed by atoms with Crippen LogP contribution in [-0.2, 0) is 9.84 Å². The van der Waals surface area contributed by atoms with Crippen LogP contribution in [0.3, 0.4) is 0 Å². The number of nitriles is 1. The summed E-state index contributed by atoms with van der Waals surface area (Å²) in [5, 5.41) is 11.1. The van der Waals surface area contributed by atoms with Crippen LogP contribution in [0.1, 0.15) is 5.56 Å². The molecule has 10 rings (SSSR count). The van der Waals surface area contributed by atoms with Crippen molar-refractivity contribution in [2.24, 2.45) is 0 Å². The zero-order chi connectivity index (χ0) is 37.1. The van der Waals surface area contributed by atoms with Gasteiger partial charge in [0.2, 0.25) is 15.8 Å². The zero-order valence-electron chi connectivity index (χ0n) is 28.9. The van der Waals surface area contributed by atoms with E-state index in [2.05, 4.69) is 28.8 Å². The molecule has 10 heteroatoms. The molecule has 10 aromatic rings. The highest BCUT2D eigenvalue weighted by Gasteiger charge is 2.23. The topological polar surface area (TPSA) is 119 Å². The molecule has 0 saturated carbocycles. The van der Waals surface area contributed by atoms with Gasteiger partial charge in [-0.05, 0) is 66.7 Å². The second-order valence-corrected chi connectivity index (χ2v) is 15.0. The van der Waals surface area contributed by atoms with E-state index in [0.717, 1.165) is 60.7 Å². The summed E-state index contributed by atoms with van der Waals surface area (Å²) in [6.07, 6.45) is 0. The van der Waals surface area contributed by atoms with Gasteiger partial charge in [-0.3, -0.25) is 4.57 Å². The van der Waals surface area contributed by atoms with Gasteiger partial charge in [0.05, 0.1) is 54.5 Å². The third-order valence-electron chi connectivity index (χ3n) is 9.85. The highest BCUT2D eigenvalue weighted by molar-refractivity contribution is 7.91. The van der Waals surface area contributed by atoms with E-state index in [4.69, 9.17) is 19.9 Å². The maximum atomic E-state index is 13.6. The minimum absolute atomic E-state index is 0.125. The molecule has 0 aliphatic carbocycles. The number of fused-ring (bicyclic) bond motifs is 6. The van der Waals surface area contributed by atoms with Gasteiger partial charge in [-0.1, -0.05) is 97.1 Å². The molecule has 0 bridgehead atoms. The lowest BCUT2D eigenvalue weighted by molar-refractivity contribution is 0.596. The smallest absolute Gasteiger partial charge is 0.238 e. The monoisotopic (exact) mass is 729 g/mol. The second-order valence-electron chi connectivity index (χ2n) is 13.1. The van der Waals surface area contributed by atoms with Crippen LogP contribution in [0.4, 0.5) is 0 Å². The van der Waals surface area contributed by atoms with Gasteiger partial charge in [0, 0.05) is 27.6 Å². The van der Waals surface area contributed by atoms with E-state index >= 15 is 0 Å². The van der Waals surface area contributed by atoms with E-state index in [9.17, 15) is 13.7 Å². The molecule has 0 aliphatic rings. The van der Waals surface area contributed by atoms with Crippen molar-refractivity contribution in [3.05, 3.63) is 169 Å². The van der Waals surface area contributed by atoms with Crippen LogP contribution in [0, 0.1) is 11.3 Å². The van der Waals surface area contributed by atoms with E-state index in [1.165, 1.54) is 24.3 Å². The largest absolute Gasteiger partial charge is 0.308 e. The van der Waals surface area contributed by atoms with E-state index in [-0.39, 0.29) is 9.79 Å². The van der Waals surface area contributed by atoms with Gasteiger partial charge in [0.25, 0.3) is 0 Å². The Morgan fingerprint density at radius 2 is 0.945 bits per heavy atom. The molecule has 260 valence electrons. The van der Waals surface area contributed by atoms with Gasteiger partial charge in [0.15, 0.2) is 11.6 Å². The van der Waals surface area contributed by atoms with Crippen LogP contribution in [0.25, 0.3) is 78.3 Å². The van der Waals surface area contributed by atoms with Crippen LogP contribution >= 0.6 is 0 Å². The molecule has 0 amide bonds. The number of para-hydroxylation sites is 2. The van der Waals surface area contributed by atoms with Crippen molar-refractivity contribution < 1.29 is 8.42 Å². The molecule has 4 aromatic heterocycles. The number of hydrogen-bond donors (Lipinski definition) is 0. The van der Waals surface area contributed by atoms with E-state index < -0.39 is 9.84 Å². The number of pyridine rings is 1. The maximum Gasteiger partial charge on any atom is 0.238 e. The summed E-state index contributed by atoms with van der Waals surface area (Å²) >= 11 is 0. The summed E-state index contributed by atoms with van der Waals surface area (Å²) in [6.45, 7) is 0. The molecule has 0 aliphatic heterocycles. The van der Waals surface area contributed by atoms with Crippen molar-refractivity contribution in [2.75, 3.05) is 0 Å². The first kappa shape index (κ1) is 32.2. The van der Waals surface area contributed by atoms with Gasteiger partial charge < -0.3 is 4.57 Å². The van der Waals surface area contributed by atoms with Crippen molar-refractivity contribution in [1.29, 1.82) is 5.26 Å². The van der Waals surface area contributed by atoms with Crippen LogP contribution in [-0.4, -0.2) is 37.5 Å². The Kier molecular flexibility index (Phi) is 7.37. The summed E-state index contributed by atoms with van der Waals surface area (Å²) in [5.74, 6) is 1.56. The first-order valence-corrected chi connectivity index (χ1v) is 19.0. The summed E-state index contributed by atoms with van der Waals surface area (Å²) in [4.78, 5) is 20.7. The van der Waals surface area contributed by atoms with Crippen LogP contribution in [0.5, 0.6) is 0 Å². The van der Waals surface area contributed by atoms with Gasteiger partial charge in [-0.2, -0.15) is 15.2 Å². The first-order chi connectivity index (χ1) is 27.0. The van der Waals surface area contributed by atoms with Crippen molar-refractivity contribution in [1.82, 2.24) is 29.1 Å². The lowest BCUT2D eigenvalue weighted by atomic mass is 10.2. The molecule has 6 aromatic carbocycles. The Hall–Kier alpha value is -7.48. The normalized spacial score (nSPS) is 11.8. The molecular weight excluding hydrogens is 703 g/mol. The minimum atomic E-state index is -3.82. The molecule has 55 heavy (non-hydrogen) atoms. The molecule has 4 heterocycles. The molecule has 0 N–H and O–H groups in total. The number of benzene rings is 6. The number of aromatic nitrogens is 6. The predicted molar refractivity (Wildman–Crippen MR) is 214 cm³/mol. The van der Waals surface area contributed by atoms with E-state index in [1.807, 2.05) is 114 Å². The summed E-state index contributed by atoms with van der Waals surface area (Å²) < 4.78 is 31.3. The molecule has 0 unspecified atom stereocenters. The highest BCUT2D eigenvalue weighted by Crippen LogP contribution is 2.38. The van der Waals surface area contributed by atoms with Crippen molar-refractivity contribution in [3.63, 3.8) is 0 Å². The van der Waals surface area contributed by atoms with Crippen LogP contribution in [0.2, 0.25) is 0 Å². The Labute approximate surface area is 315 Å². The first-order valence-electron chi connectivity index (χ1n) is 17.5. The fourth-order valence-corrected chi connectivity index (χ4v) is 8.50. The SMILES string of the molecule is N#Cc1ccc(S(=O)(=O)c2ccc(-n3c4ccccc4c4nc5c6ccccc6n(-c6nc(-c7ccccc7)nc(-c7ccccc7)n6)c5cc43)cc2)cc1. The van der Waals surface area contributed by atoms with Crippen molar-refractivity contribution in [3.8, 4) is 40.5 Å². The number of hydrogen-bond acceptors (Lipinski definition) is 7. The predicted octanol–water partition coefficient (Wildman–Crippen LogP) is 9.50. The van der Waals surface area contributed by atoms with Gasteiger partial charge in [-0.25, -0.2) is 18.4 Å². The average molecular weight is 730 g/mol. The fourth-order valence-electron chi connectivity index (χ4n) is 7.24. The Morgan fingerprint density at radius 3 is 1.49 bits per heavy atom. The molecular formula is C45H27N7O2S. The van der Waals surface area contributed by atoms with Gasteiger partial charge in [0.1, 0.15) is 0 Å². The highest BCUT2D eigenvalue weighted by atomic mass is 32.2. The van der Waals surface area contributed by atoms with Crippen molar-refractivity contribution >= 4 is 53.7 Å². The Bertz CT molecular complexity index is 3200. The van der Waals surface area contributed by atoms with E-state index in [0.29, 0.717) is 23.2 Å². The van der Waals surface area contributed by atoms with Gasteiger partial charge >= 0.3 is 0 Å². The standard InChI is InChI=1S/C45H27N7O2S/c46-28-29-19-23-33(24-20-29)55(53,54)34-25-21-32(22-26-34)51-37-17-9-7-15-35(37)41-39(51)27-40-42(47-41)36-16-8-10-18-38(36)52(40)45-49-43(30-11-3-1-4-12-30)48-44(50-45)31-13-5-2-6-14-31/h1-27H. The average Bonchev–Trinajstić information content (AvgIpc) is 3.75. The summed E-state index contributed by atoms with van der Waals surface area (Å²) in [5.41, 5.74) is 7.98. The second kappa shape index (κ2) is 12.6. The third-order valence-corrected chi connectivity index (χ3v) is 11.6. The molecule has 0 fully saturated rings. The Morgan fingerprint density at radius 1 is 0.473 bits per heavy atom. The summed E-state index contributed by atoms with van der Waals surface area (Å²) in [6, 6.07) is 52.9. The number of rotatable bonds is 6. The van der Waals surface area contributed by atoms with E-state index in [1.54, 1.807) is 12.1 Å². The summed E-state index contributed by atoms with van der Waals surface area (Å²) in [7, 11) is -3.82. The number of sulfone groups is 1. The molecule has 0 atom stereocenters. The lowest BCUT2D eigenvalue weighted by Gasteiger charge is -2.12. The van der Waals surface area contributed by atoms with Gasteiger partial charge in [-0.15, -0.1) is 0 Å². The fraction of sp³-hybridized carbons (Fsp3) is 0. The van der Waals surface area contributed by atoms with Crippen LogP contribution in [0.15, 0.2) is 174 Å². The zero-order valence-corrected chi connectivity index (χ0v) is 29.8. The number of nitrogens with zero attached hydrogens (tertiary/aromatic N) is 7. The quantitative estimate of drug-likeness (QED) is 0.167. The third kappa shape index (κ3) is 5.25.